The number of likely N-dealkylation sites (tertiary alicyclic amines) is 1. The summed E-state index contributed by atoms with van der Waals surface area (Å²) in [6, 6.07) is 9.16. The van der Waals surface area contributed by atoms with Crippen LogP contribution in [0.1, 0.15) is 36.0 Å². The van der Waals surface area contributed by atoms with E-state index < -0.39 is 21.7 Å². The van der Waals surface area contributed by atoms with E-state index in [2.05, 4.69) is 14.9 Å². The minimum absolute atomic E-state index is 0.0133. The van der Waals surface area contributed by atoms with Crippen molar-refractivity contribution in [1.29, 1.82) is 0 Å². The van der Waals surface area contributed by atoms with Gasteiger partial charge in [0.1, 0.15) is 0 Å². The Balaban J connectivity index is 1.40. The number of carbonyl (C=O) groups is 1. The Morgan fingerprint density at radius 3 is 2.47 bits per heavy atom. The van der Waals surface area contributed by atoms with Crippen LogP contribution in [0.25, 0.3) is 0 Å². The normalized spacial score (nSPS) is 15.6. The third kappa shape index (κ3) is 6.57. The van der Waals surface area contributed by atoms with Crippen LogP contribution in [0.4, 0.5) is 8.78 Å². The second-order valence-electron chi connectivity index (χ2n) is 8.28. The SMILES string of the molecule is Cc1ccc(C)c(S(=O)(=O)NCCC(=O)NC2CCN(Cc3ccc(F)c(F)c3)CC2)c1. The lowest BCUT2D eigenvalue weighted by Crippen LogP contribution is -2.45. The third-order valence-electron chi connectivity index (χ3n) is 5.62. The van der Waals surface area contributed by atoms with Gasteiger partial charge >= 0.3 is 0 Å². The molecule has 0 bridgehead atoms. The van der Waals surface area contributed by atoms with Crippen molar-refractivity contribution in [3.63, 3.8) is 0 Å². The van der Waals surface area contributed by atoms with Crippen LogP contribution in [0, 0.1) is 25.5 Å². The zero-order chi connectivity index (χ0) is 23.3. The lowest BCUT2D eigenvalue weighted by atomic mass is 10.0. The molecular formula is C23H29F2N3O3S. The number of hydrogen-bond acceptors (Lipinski definition) is 4. The van der Waals surface area contributed by atoms with Crippen molar-refractivity contribution >= 4 is 15.9 Å². The van der Waals surface area contributed by atoms with E-state index in [1.54, 1.807) is 25.1 Å². The molecule has 6 nitrogen and oxygen atoms in total. The number of nitrogens with zero attached hydrogens (tertiary/aromatic N) is 1. The maximum absolute atomic E-state index is 13.4. The zero-order valence-electron chi connectivity index (χ0n) is 18.3. The molecule has 1 fully saturated rings. The Hall–Kier alpha value is -2.36. The van der Waals surface area contributed by atoms with Gasteiger partial charge in [0.05, 0.1) is 4.90 Å². The van der Waals surface area contributed by atoms with Crippen LogP contribution in [0.5, 0.6) is 0 Å². The highest BCUT2D eigenvalue weighted by molar-refractivity contribution is 7.89. The predicted molar refractivity (Wildman–Crippen MR) is 119 cm³/mol. The number of hydrogen-bond donors (Lipinski definition) is 2. The smallest absolute Gasteiger partial charge is 0.240 e. The van der Waals surface area contributed by atoms with Gasteiger partial charge in [0.15, 0.2) is 11.6 Å². The Morgan fingerprint density at radius 2 is 1.78 bits per heavy atom. The maximum atomic E-state index is 13.4. The van der Waals surface area contributed by atoms with Crippen molar-refractivity contribution in [3.05, 3.63) is 64.7 Å². The summed E-state index contributed by atoms with van der Waals surface area (Å²) in [5, 5.41) is 2.96. The Labute approximate surface area is 188 Å². The molecule has 0 saturated carbocycles. The van der Waals surface area contributed by atoms with E-state index in [0.717, 1.165) is 37.6 Å². The van der Waals surface area contributed by atoms with Crippen molar-refractivity contribution in [2.75, 3.05) is 19.6 Å². The molecule has 174 valence electrons. The highest BCUT2D eigenvalue weighted by Gasteiger charge is 2.22. The van der Waals surface area contributed by atoms with Crippen LogP contribution in [-0.4, -0.2) is 44.9 Å². The number of amides is 1. The van der Waals surface area contributed by atoms with E-state index in [0.29, 0.717) is 17.7 Å². The van der Waals surface area contributed by atoms with Crippen LogP contribution >= 0.6 is 0 Å². The number of sulfonamides is 1. The number of aryl methyl sites for hydroxylation is 2. The highest BCUT2D eigenvalue weighted by Crippen LogP contribution is 2.17. The summed E-state index contributed by atoms with van der Waals surface area (Å²) in [5.41, 5.74) is 2.22. The van der Waals surface area contributed by atoms with Gasteiger partial charge in [-0.1, -0.05) is 18.2 Å². The average Bonchev–Trinajstić information content (AvgIpc) is 2.73. The molecule has 0 aromatic heterocycles. The molecule has 1 saturated heterocycles. The fourth-order valence-corrected chi connectivity index (χ4v) is 5.16. The van der Waals surface area contributed by atoms with Crippen molar-refractivity contribution in [1.82, 2.24) is 14.9 Å². The molecule has 1 amide bonds. The first-order valence-electron chi connectivity index (χ1n) is 10.7. The van der Waals surface area contributed by atoms with Crippen LogP contribution < -0.4 is 10.0 Å². The molecule has 32 heavy (non-hydrogen) atoms. The molecule has 2 N–H and O–H groups in total. The monoisotopic (exact) mass is 465 g/mol. The summed E-state index contributed by atoms with van der Waals surface area (Å²) >= 11 is 0. The van der Waals surface area contributed by atoms with Gasteiger partial charge in [-0.25, -0.2) is 21.9 Å². The van der Waals surface area contributed by atoms with Crippen LogP contribution in [0.15, 0.2) is 41.3 Å². The highest BCUT2D eigenvalue weighted by atomic mass is 32.2. The molecule has 2 aromatic carbocycles. The summed E-state index contributed by atoms with van der Waals surface area (Å²) in [6.45, 7) is 5.57. The quantitative estimate of drug-likeness (QED) is 0.628. The molecule has 0 aliphatic carbocycles. The second kappa shape index (κ2) is 10.5. The standard InChI is InChI=1S/C23H29F2N3O3S/c1-16-3-4-17(2)22(13-16)32(30,31)26-10-7-23(29)27-19-8-11-28(12-9-19)15-18-5-6-20(24)21(25)14-18/h3-6,13-14,19,26H,7-12,15H2,1-2H3,(H,27,29). The molecule has 1 heterocycles. The molecule has 0 radical (unpaired) electrons. The molecule has 2 aromatic rings. The van der Waals surface area contributed by atoms with E-state index in [1.807, 2.05) is 13.0 Å². The van der Waals surface area contributed by atoms with Crippen molar-refractivity contribution in [2.24, 2.45) is 0 Å². The van der Waals surface area contributed by atoms with Gasteiger partial charge in [-0.3, -0.25) is 9.69 Å². The van der Waals surface area contributed by atoms with Gasteiger partial charge in [-0.05, 0) is 61.6 Å². The lowest BCUT2D eigenvalue weighted by molar-refractivity contribution is -0.121. The first kappa shape index (κ1) is 24.3. The van der Waals surface area contributed by atoms with E-state index in [4.69, 9.17) is 0 Å². The van der Waals surface area contributed by atoms with Gasteiger partial charge in [0.25, 0.3) is 0 Å². The first-order valence-corrected chi connectivity index (χ1v) is 12.1. The Kier molecular flexibility index (Phi) is 7.97. The summed E-state index contributed by atoms with van der Waals surface area (Å²) in [6.07, 6.45) is 1.53. The number of nitrogens with one attached hydrogen (secondary N) is 2. The molecule has 0 unspecified atom stereocenters. The number of piperidine rings is 1. The second-order valence-corrected chi connectivity index (χ2v) is 10.0. The molecule has 0 spiro atoms. The van der Waals surface area contributed by atoms with Gasteiger partial charge in [-0.2, -0.15) is 0 Å². The van der Waals surface area contributed by atoms with E-state index in [-0.39, 0.29) is 29.8 Å². The number of rotatable bonds is 8. The molecule has 9 heteroatoms. The minimum Gasteiger partial charge on any atom is -0.353 e. The lowest BCUT2D eigenvalue weighted by Gasteiger charge is -2.32. The summed E-state index contributed by atoms with van der Waals surface area (Å²) in [7, 11) is -3.67. The van der Waals surface area contributed by atoms with E-state index >= 15 is 0 Å². The van der Waals surface area contributed by atoms with Gasteiger partial charge in [0, 0.05) is 38.6 Å². The van der Waals surface area contributed by atoms with Crippen molar-refractivity contribution in [3.8, 4) is 0 Å². The molecule has 1 aliphatic heterocycles. The number of halogens is 2. The molecule has 0 atom stereocenters. The van der Waals surface area contributed by atoms with Crippen LogP contribution in [0.2, 0.25) is 0 Å². The fourth-order valence-electron chi connectivity index (χ4n) is 3.80. The van der Waals surface area contributed by atoms with Crippen molar-refractivity contribution < 1.29 is 22.0 Å². The fraction of sp³-hybridized carbons (Fsp3) is 0.435. The molecule has 1 aliphatic rings. The summed E-state index contributed by atoms with van der Waals surface area (Å²) in [5.74, 6) is -1.91. The summed E-state index contributed by atoms with van der Waals surface area (Å²) in [4.78, 5) is 14.6. The van der Waals surface area contributed by atoms with E-state index in [9.17, 15) is 22.0 Å². The maximum Gasteiger partial charge on any atom is 0.240 e. The Morgan fingerprint density at radius 1 is 1.06 bits per heavy atom. The van der Waals surface area contributed by atoms with Crippen LogP contribution in [-0.2, 0) is 21.4 Å². The number of carbonyl (C=O) groups excluding carboxylic acids is 1. The Bertz CT molecular complexity index is 1070. The minimum atomic E-state index is -3.67. The molecule has 3 rings (SSSR count). The summed E-state index contributed by atoms with van der Waals surface area (Å²) < 4.78 is 53.9. The van der Waals surface area contributed by atoms with Gasteiger partial charge in [0.2, 0.25) is 15.9 Å². The first-order chi connectivity index (χ1) is 15.1. The van der Waals surface area contributed by atoms with Gasteiger partial charge in [-0.15, -0.1) is 0 Å². The third-order valence-corrected chi connectivity index (χ3v) is 7.22. The molecular weight excluding hydrogens is 436 g/mol. The number of benzene rings is 2. The average molecular weight is 466 g/mol. The van der Waals surface area contributed by atoms with Crippen molar-refractivity contribution in [2.45, 2.75) is 50.6 Å². The largest absolute Gasteiger partial charge is 0.353 e. The zero-order valence-corrected chi connectivity index (χ0v) is 19.1. The van der Waals surface area contributed by atoms with Crippen LogP contribution in [0.3, 0.4) is 0 Å². The van der Waals surface area contributed by atoms with E-state index in [1.165, 1.54) is 6.07 Å². The predicted octanol–water partition coefficient (Wildman–Crippen LogP) is 3.03. The van der Waals surface area contributed by atoms with Gasteiger partial charge < -0.3 is 5.32 Å². The topological polar surface area (TPSA) is 78.5 Å².